The Bertz CT molecular complexity index is 324. The van der Waals surface area contributed by atoms with Crippen molar-refractivity contribution in [3.05, 3.63) is 0 Å². The Morgan fingerprint density at radius 3 is 2.68 bits per heavy atom. The first-order valence-corrected chi connectivity index (χ1v) is 6.75. The lowest BCUT2D eigenvalue weighted by molar-refractivity contribution is -0.138. The standard InChI is InChI=1S/C13H22F3N3/c1-3-7-18-12(10-17)5-4-11(9-12)19(2)8-6-13(14,15)16/h11,18H,3-9H2,1-2H3. The third-order valence-electron chi connectivity index (χ3n) is 3.79. The summed E-state index contributed by atoms with van der Waals surface area (Å²) in [5.41, 5.74) is -0.548. The summed E-state index contributed by atoms with van der Waals surface area (Å²) in [6.07, 6.45) is -1.86. The summed E-state index contributed by atoms with van der Waals surface area (Å²) >= 11 is 0. The first-order valence-electron chi connectivity index (χ1n) is 6.75. The van der Waals surface area contributed by atoms with Crippen LogP contribution < -0.4 is 5.32 Å². The van der Waals surface area contributed by atoms with E-state index >= 15 is 0 Å². The largest absolute Gasteiger partial charge is 0.390 e. The molecule has 3 nitrogen and oxygen atoms in total. The summed E-state index contributed by atoms with van der Waals surface area (Å²) in [6, 6.07) is 2.37. The maximum Gasteiger partial charge on any atom is 0.390 e. The van der Waals surface area contributed by atoms with Crippen LogP contribution in [-0.2, 0) is 0 Å². The zero-order valence-electron chi connectivity index (χ0n) is 11.6. The van der Waals surface area contributed by atoms with Gasteiger partial charge in [-0.05, 0) is 39.3 Å². The minimum Gasteiger partial charge on any atom is -0.303 e. The first kappa shape index (κ1) is 16.3. The van der Waals surface area contributed by atoms with Gasteiger partial charge in [0.05, 0.1) is 12.5 Å². The highest BCUT2D eigenvalue weighted by Gasteiger charge is 2.40. The van der Waals surface area contributed by atoms with Crippen LogP contribution >= 0.6 is 0 Å². The van der Waals surface area contributed by atoms with Crippen molar-refractivity contribution < 1.29 is 13.2 Å². The summed E-state index contributed by atoms with van der Waals surface area (Å²) in [7, 11) is 1.71. The molecule has 1 aliphatic rings. The van der Waals surface area contributed by atoms with E-state index in [1.54, 1.807) is 11.9 Å². The fourth-order valence-corrected chi connectivity index (χ4v) is 2.55. The van der Waals surface area contributed by atoms with Gasteiger partial charge in [-0.1, -0.05) is 6.92 Å². The van der Waals surface area contributed by atoms with Gasteiger partial charge in [-0.3, -0.25) is 5.32 Å². The number of hydrogen-bond donors (Lipinski definition) is 1. The average molecular weight is 277 g/mol. The van der Waals surface area contributed by atoms with E-state index in [1.807, 2.05) is 6.92 Å². The van der Waals surface area contributed by atoms with Gasteiger partial charge >= 0.3 is 6.18 Å². The minimum atomic E-state index is -4.11. The predicted octanol–water partition coefficient (Wildman–Crippen LogP) is 2.69. The van der Waals surface area contributed by atoms with Crippen molar-refractivity contribution in [3.8, 4) is 6.07 Å². The molecule has 1 fully saturated rings. The van der Waals surface area contributed by atoms with Gasteiger partial charge in [0.2, 0.25) is 0 Å². The lowest BCUT2D eigenvalue weighted by atomic mass is 9.99. The van der Waals surface area contributed by atoms with Gasteiger partial charge in [-0.2, -0.15) is 18.4 Å². The van der Waals surface area contributed by atoms with Crippen molar-refractivity contribution in [2.24, 2.45) is 0 Å². The van der Waals surface area contributed by atoms with E-state index in [-0.39, 0.29) is 12.6 Å². The SMILES string of the molecule is CCCNC1(C#N)CCC(N(C)CCC(F)(F)F)C1. The molecule has 0 bridgehead atoms. The molecule has 6 heteroatoms. The lowest BCUT2D eigenvalue weighted by Gasteiger charge is -2.27. The highest BCUT2D eigenvalue weighted by atomic mass is 19.4. The molecule has 0 aliphatic heterocycles. The molecule has 0 radical (unpaired) electrons. The zero-order chi connectivity index (χ0) is 14.5. The number of halogens is 3. The third-order valence-corrected chi connectivity index (χ3v) is 3.79. The highest BCUT2D eigenvalue weighted by Crippen LogP contribution is 2.33. The molecule has 1 rings (SSSR count). The molecule has 1 aliphatic carbocycles. The fourth-order valence-electron chi connectivity index (χ4n) is 2.55. The zero-order valence-corrected chi connectivity index (χ0v) is 11.6. The average Bonchev–Trinajstić information content (AvgIpc) is 2.78. The summed E-state index contributed by atoms with van der Waals surface area (Å²) < 4.78 is 36.6. The monoisotopic (exact) mass is 277 g/mol. The van der Waals surface area contributed by atoms with Crippen LogP contribution in [0.15, 0.2) is 0 Å². The molecular weight excluding hydrogens is 255 g/mol. The van der Waals surface area contributed by atoms with Crippen LogP contribution in [-0.4, -0.2) is 42.8 Å². The number of nitrogens with one attached hydrogen (secondary N) is 1. The molecular formula is C13H22F3N3. The van der Waals surface area contributed by atoms with Crippen LogP contribution in [0.1, 0.15) is 39.0 Å². The summed E-state index contributed by atoms with van der Waals surface area (Å²) in [4.78, 5) is 1.74. The van der Waals surface area contributed by atoms with Gasteiger partial charge in [-0.25, -0.2) is 0 Å². The molecule has 19 heavy (non-hydrogen) atoms. The number of alkyl halides is 3. The predicted molar refractivity (Wildman–Crippen MR) is 67.6 cm³/mol. The number of rotatable bonds is 6. The molecule has 0 saturated heterocycles. The Hall–Kier alpha value is -0.800. The Balaban J connectivity index is 2.48. The molecule has 0 spiro atoms. The van der Waals surface area contributed by atoms with Crippen LogP contribution in [0.3, 0.4) is 0 Å². The fraction of sp³-hybridized carbons (Fsp3) is 0.923. The summed E-state index contributed by atoms with van der Waals surface area (Å²) in [6.45, 7) is 2.80. The second kappa shape index (κ2) is 6.58. The molecule has 110 valence electrons. The number of nitriles is 1. The van der Waals surface area contributed by atoms with Crippen molar-refractivity contribution in [1.82, 2.24) is 10.2 Å². The second-order valence-electron chi connectivity index (χ2n) is 5.36. The Morgan fingerprint density at radius 2 is 2.16 bits per heavy atom. The van der Waals surface area contributed by atoms with E-state index < -0.39 is 18.1 Å². The van der Waals surface area contributed by atoms with Gasteiger partial charge in [0.1, 0.15) is 5.54 Å². The van der Waals surface area contributed by atoms with Crippen molar-refractivity contribution in [1.29, 1.82) is 5.26 Å². The first-order chi connectivity index (χ1) is 8.82. The van der Waals surface area contributed by atoms with E-state index in [4.69, 9.17) is 0 Å². The maximum atomic E-state index is 12.2. The molecule has 1 saturated carbocycles. The third kappa shape index (κ3) is 5.00. The molecule has 2 atom stereocenters. The summed E-state index contributed by atoms with van der Waals surface area (Å²) in [5, 5.41) is 12.5. The minimum absolute atomic E-state index is 0.00343. The molecule has 0 aromatic heterocycles. The normalized spacial score (nSPS) is 27.7. The quantitative estimate of drug-likeness (QED) is 0.811. The van der Waals surface area contributed by atoms with E-state index in [1.165, 1.54) is 0 Å². The van der Waals surface area contributed by atoms with Crippen molar-refractivity contribution in [3.63, 3.8) is 0 Å². The van der Waals surface area contributed by atoms with Crippen molar-refractivity contribution >= 4 is 0 Å². The number of hydrogen-bond acceptors (Lipinski definition) is 3. The summed E-state index contributed by atoms with van der Waals surface area (Å²) in [5.74, 6) is 0. The van der Waals surface area contributed by atoms with E-state index in [9.17, 15) is 18.4 Å². The van der Waals surface area contributed by atoms with Gasteiger partial charge in [0.25, 0.3) is 0 Å². The second-order valence-corrected chi connectivity index (χ2v) is 5.36. The van der Waals surface area contributed by atoms with E-state index in [0.717, 1.165) is 19.4 Å². The molecule has 0 aromatic carbocycles. The molecule has 1 N–H and O–H groups in total. The Kier molecular flexibility index (Phi) is 5.63. The smallest absolute Gasteiger partial charge is 0.303 e. The van der Waals surface area contributed by atoms with Crippen molar-refractivity contribution in [2.75, 3.05) is 20.1 Å². The molecule has 0 amide bonds. The highest BCUT2D eigenvalue weighted by molar-refractivity contribution is 5.13. The van der Waals surface area contributed by atoms with Gasteiger partial charge in [0.15, 0.2) is 0 Å². The topological polar surface area (TPSA) is 39.1 Å². The van der Waals surface area contributed by atoms with E-state index in [2.05, 4.69) is 11.4 Å². The van der Waals surface area contributed by atoms with Crippen LogP contribution in [0.5, 0.6) is 0 Å². The van der Waals surface area contributed by atoms with Crippen LogP contribution in [0.2, 0.25) is 0 Å². The number of nitrogens with zero attached hydrogens (tertiary/aromatic N) is 2. The van der Waals surface area contributed by atoms with E-state index in [0.29, 0.717) is 12.8 Å². The van der Waals surface area contributed by atoms with Crippen LogP contribution in [0, 0.1) is 11.3 Å². The van der Waals surface area contributed by atoms with Crippen molar-refractivity contribution in [2.45, 2.75) is 56.8 Å². The Morgan fingerprint density at radius 1 is 1.47 bits per heavy atom. The van der Waals surface area contributed by atoms with Gasteiger partial charge in [0, 0.05) is 12.6 Å². The lowest BCUT2D eigenvalue weighted by Crippen LogP contribution is -2.44. The molecule has 2 unspecified atom stereocenters. The van der Waals surface area contributed by atoms with Gasteiger partial charge in [-0.15, -0.1) is 0 Å². The molecule has 0 heterocycles. The van der Waals surface area contributed by atoms with Crippen LogP contribution in [0.25, 0.3) is 0 Å². The molecule has 0 aromatic rings. The van der Waals surface area contributed by atoms with Crippen LogP contribution in [0.4, 0.5) is 13.2 Å². The maximum absolute atomic E-state index is 12.2. The Labute approximate surface area is 112 Å². The van der Waals surface area contributed by atoms with Gasteiger partial charge < -0.3 is 4.90 Å².